The van der Waals surface area contributed by atoms with E-state index >= 15 is 0 Å². The van der Waals surface area contributed by atoms with Gasteiger partial charge in [0, 0.05) is 6.04 Å². The van der Waals surface area contributed by atoms with Crippen LogP contribution in [0.4, 0.5) is 0 Å². The summed E-state index contributed by atoms with van der Waals surface area (Å²) in [6.45, 7) is 3.77. The first kappa shape index (κ1) is 16.3. The van der Waals surface area contributed by atoms with Crippen LogP contribution < -0.4 is 5.32 Å². The second-order valence-corrected chi connectivity index (χ2v) is 6.62. The Hall–Kier alpha value is -1.10. The van der Waals surface area contributed by atoms with Crippen LogP contribution in [-0.4, -0.2) is 47.6 Å². The van der Waals surface area contributed by atoms with Crippen LogP contribution in [0.2, 0.25) is 0 Å². The highest BCUT2D eigenvalue weighted by Gasteiger charge is 2.40. The van der Waals surface area contributed by atoms with Gasteiger partial charge in [0.25, 0.3) is 0 Å². The lowest BCUT2D eigenvalue weighted by molar-refractivity contribution is -0.152. The SMILES string of the molecule is CCC1(C(=O)O)CCN(CC(=O)NC2CCCCC2)CC1. The van der Waals surface area contributed by atoms with Crippen molar-refractivity contribution in [1.82, 2.24) is 10.2 Å². The molecular formula is C16H28N2O3. The van der Waals surface area contributed by atoms with E-state index in [9.17, 15) is 14.7 Å². The molecule has 0 radical (unpaired) electrons. The molecule has 0 aromatic carbocycles. The molecule has 0 unspecified atom stereocenters. The number of amides is 1. The van der Waals surface area contributed by atoms with Gasteiger partial charge in [-0.15, -0.1) is 0 Å². The summed E-state index contributed by atoms with van der Waals surface area (Å²) in [7, 11) is 0. The fourth-order valence-electron chi connectivity index (χ4n) is 3.58. The van der Waals surface area contributed by atoms with E-state index in [4.69, 9.17) is 0 Å². The quantitative estimate of drug-likeness (QED) is 0.814. The maximum Gasteiger partial charge on any atom is 0.309 e. The van der Waals surface area contributed by atoms with E-state index in [1.54, 1.807) is 0 Å². The summed E-state index contributed by atoms with van der Waals surface area (Å²) in [5.74, 6) is -0.586. The third kappa shape index (κ3) is 4.19. The van der Waals surface area contributed by atoms with Crippen molar-refractivity contribution < 1.29 is 14.7 Å². The van der Waals surface area contributed by atoms with E-state index < -0.39 is 11.4 Å². The van der Waals surface area contributed by atoms with E-state index in [0.29, 0.717) is 44.9 Å². The van der Waals surface area contributed by atoms with Crippen molar-refractivity contribution in [2.45, 2.75) is 64.3 Å². The number of carboxylic acids is 1. The van der Waals surface area contributed by atoms with E-state index in [-0.39, 0.29) is 5.91 Å². The lowest BCUT2D eigenvalue weighted by Crippen LogP contribution is -2.48. The lowest BCUT2D eigenvalue weighted by Gasteiger charge is -2.38. The Morgan fingerprint density at radius 2 is 1.81 bits per heavy atom. The van der Waals surface area contributed by atoms with Gasteiger partial charge in [-0.3, -0.25) is 14.5 Å². The molecule has 2 fully saturated rings. The largest absolute Gasteiger partial charge is 0.481 e. The summed E-state index contributed by atoms with van der Waals surface area (Å²) in [4.78, 5) is 25.6. The molecule has 1 amide bonds. The highest BCUT2D eigenvalue weighted by Crippen LogP contribution is 2.34. The molecule has 1 saturated heterocycles. The molecule has 1 aliphatic carbocycles. The van der Waals surface area contributed by atoms with E-state index in [1.807, 2.05) is 6.92 Å². The Morgan fingerprint density at radius 1 is 1.19 bits per heavy atom. The molecule has 120 valence electrons. The monoisotopic (exact) mass is 296 g/mol. The second-order valence-electron chi connectivity index (χ2n) is 6.62. The van der Waals surface area contributed by atoms with Gasteiger partial charge in [-0.05, 0) is 45.2 Å². The average Bonchev–Trinajstić information content (AvgIpc) is 2.49. The zero-order valence-electron chi connectivity index (χ0n) is 13.1. The number of likely N-dealkylation sites (tertiary alicyclic amines) is 1. The van der Waals surface area contributed by atoms with Crippen molar-refractivity contribution in [3.05, 3.63) is 0 Å². The molecule has 2 N–H and O–H groups in total. The van der Waals surface area contributed by atoms with E-state index in [2.05, 4.69) is 10.2 Å². The predicted molar refractivity (Wildman–Crippen MR) is 81.0 cm³/mol. The summed E-state index contributed by atoms with van der Waals surface area (Å²) in [6, 6.07) is 0.352. The minimum Gasteiger partial charge on any atom is -0.481 e. The topological polar surface area (TPSA) is 69.6 Å². The molecular weight excluding hydrogens is 268 g/mol. The summed E-state index contributed by atoms with van der Waals surface area (Å²) in [5, 5.41) is 12.5. The zero-order chi connectivity index (χ0) is 15.3. The number of carbonyl (C=O) groups excluding carboxylic acids is 1. The van der Waals surface area contributed by atoms with Gasteiger partial charge in [-0.2, -0.15) is 0 Å². The summed E-state index contributed by atoms with van der Waals surface area (Å²) >= 11 is 0. The van der Waals surface area contributed by atoms with Gasteiger partial charge in [0.2, 0.25) is 5.91 Å². The Labute approximate surface area is 127 Å². The molecule has 5 heteroatoms. The van der Waals surface area contributed by atoms with Crippen molar-refractivity contribution in [3.8, 4) is 0 Å². The first-order chi connectivity index (χ1) is 10.1. The van der Waals surface area contributed by atoms with Crippen LogP contribution in [0.15, 0.2) is 0 Å². The van der Waals surface area contributed by atoms with Crippen LogP contribution in [0, 0.1) is 5.41 Å². The van der Waals surface area contributed by atoms with Crippen LogP contribution in [-0.2, 0) is 9.59 Å². The van der Waals surface area contributed by atoms with Crippen molar-refractivity contribution in [1.29, 1.82) is 0 Å². The lowest BCUT2D eigenvalue weighted by atomic mass is 9.76. The summed E-state index contributed by atoms with van der Waals surface area (Å²) < 4.78 is 0. The molecule has 1 aliphatic heterocycles. The number of carboxylic acid groups (broad SMARTS) is 1. The molecule has 1 heterocycles. The van der Waals surface area contributed by atoms with Gasteiger partial charge in [-0.1, -0.05) is 26.2 Å². The Balaban J connectivity index is 1.75. The normalized spacial score (nSPS) is 23.7. The standard InChI is InChI=1S/C16H28N2O3/c1-2-16(15(20)21)8-10-18(11-9-16)12-14(19)17-13-6-4-3-5-7-13/h13H,2-12H2,1H3,(H,17,19)(H,20,21). The third-order valence-electron chi connectivity index (χ3n) is 5.28. The minimum absolute atomic E-state index is 0.0984. The van der Waals surface area contributed by atoms with Crippen molar-refractivity contribution in [2.75, 3.05) is 19.6 Å². The van der Waals surface area contributed by atoms with Crippen LogP contribution in [0.25, 0.3) is 0 Å². The predicted octanol–water partition coefficient (Wildman–Crippen LogP) is 2.01. The van der Waals surface area contributed by atoms with Gasteiger partial charge >= 0.3 is 5.97 Å². The number of rotatable bonds is 5. The van der Waals surface area contributed by atoms with Crippen LogP contribution in [0.1, 0.15) is 58.3 Å². The number of piperidine rings is 1. The second kappa shape index (κ2) is 7.25. The number of hydrogen-bond donors (Lipinski definition) is 2. The fraction of sp³-hybridized carbons (Fsp3) is 0.875. The molecule has 0 aromatic heterocycles. The van der Waals surface area contributed by atoms with Crippen molar-refractivity contribution in [3.63, 3.8) is 0 Å². The summed E-state index contributed by atoms with van der Waals surface area (Å²) in [5.41, 5.74) is -0.573. The molecule has 2 aliphatic rings. The third-order valence-corrected chi connectivity index (χ3v) is 5.28. The smallest absolute Gasteiger partial charge is 0.309 e. The van der Waals surface area contributed by atoms with Gasteiger partial charge in [0.05, 0.1) is 12.0 Å². The number of nitrogens with one attached hydrogen (secondary N) is 1. The van der Waals surface area contributed by atoms with Gasteiger partial charge < -0.3 is 10.4 Å². The minimum atomic E-state index is -0.684. The van der Waals surface area contributed by atoms with E-state index in [0.717, 1.165) is 12.8 Å². The van der Waals surface area contributed by atoms with Gasteiger partial charge in [-0.25, -0.2) is 0 Å². The summed E-state index contributed by atoms with van der Waals surface area (Å²) in [6.07, 6.45) is 7.88. The molecule has 0 spiro atoms. The van der Waals surface area contributed by atoms with Gasteiger partial charge in [0.15, 0.2) is 0 Å². The highest BCUT2D eigenvalue weighted by molar-refractivity contribution is 5.78. The molecule has 0 bridgehead atoms. The number of hydrogen-bond acceptors (Lipinski definition) is 3. The van der Waals surface area contributed by atoms with Crippen LogP contribution in [0.5, 0.6) is 0 Å². The van der Waals surface area contributed by atoms with Crippen LogP contribution >= 0.6 is 0 Å². The molecule has 1 saturated carbocycles. The average molecular weight is 296 g/mol. The zero-order valence-corrected chi connectivity index (χ0v) is 13.1. The molecule has 2 rings (SSSR count). The Morgan fingerprint density at radius 3 is 2.33 bits per heavy atom. The molecule has 0 aromatic rings. The van der Waals surface area contributed by atoms with E-state index in [1.165, 1.54) is 19.3 Å². The number of nitrogens with zero attached hydrogens (tertiary/aromatic N) is 1. The van der Waals surface area contributed by atoms with Crippen molar-refractivity contribution in [2.24, 2.45) is 5.41 Å². The van der Waals surface area contributed by atoms with Crippen molar-refractivity contribution >= 4 is 11.9 Å². The molecule has 0 atom stereocenters. The Kier molecular flexibility index (Phi) is 5.62. The molecule has 21 heavy (non-hydrogen) atoms. The van der Waals surface area contributed by atoms with Gasteiger partial charge in [0.1, 0.15) is 0 Å². The Bertz CT molecular complexity index is 370. The first-order valence-electron chi connectivity index (χ1n) is 8.31. The molecule has 5 nitrogen and oxygen atoms in total. The highest BCUT2D eigenvalue weighted by atomic mass is 16.4. The first-order valence-corrected chi connectivity index (χ1v) is 8.31. The fourth-order valence-corrected chi connectivity index (χ4v) is 3.58. The maximum atomic E-state index is 12.1. The maximum absolute atomic E-state index is 12.1. The van der Waals surface area contributed by atoms with Crippen LogP contribution in [0.3, 0.4) is 0 Å². The number of carbonyl (C=O) groups is 2. The number of aliphatic carboxylic acids is 1.